The molecule has 0 heterocycles. The zero-order valence-electron chi connectivity index (χ0n) is 24.2. The Morgan fingerprint density at radius 1 is 0.629 bits per heavy atom. The number of hydrogen-bond acceptors (Lipinski definition) is 0. The Morgan fingerprint density at radius 3 is 1.46 bits per heavy atom. The zero-order valence-corrected chi connectivity index (χ0v) is 24.9. The Hall–Kier alpha value is -2.31. The lowest BCUT2D eigenvalue weighted by atomic mass is 9.96. The van der Waals surface area contributed by atoms with Crippen LogP contribution in [0.25, 0.3) is 6.08 Å². The quantitative estimate of drug-likeness (QED) is 0.331. The number of rotatable bonds is 4. The molecule has 35 heavy (non-hydrogen) atoms. The van der Waals surface area contributed by atoms with Gasteiger partial charge in [-0.2, -0.15) is 0 Å². The summed E-state index contributed by atoms with van der Waals surface area (Å²) in [7, 11) is 0. The molecule has 0 amide bonds. The Morgan fingerprint density at radius 2 is 1.06 bits per heavy atom. The maximum atomic E-state index is 6.02. The third kappa shape index (κ3) is 12.3. The fourth-order valence-electron chi connectivity index (χ4n) is 3.45. The van der Waals surface area contributed by atoms with Gasteiger partial charge in [0, 0.05) is 10.7 Å². The average molecular weight is 505 g/mol. The molecule has 200 valence electrons. The molecule has 0 bridgehead atoms. The molecule has 0 saturated carbocycles. The first kappa shape index (κ1) is 32.7. The highest BCUT2D eigenvalue weighted by molar-refractivity contribution is 6.31. The van der Waals surface area contributed by atoms with E-state index in [1.54, 1.807) is 0 Å². The number of benzene rings is 3. The molecule has 0 aliphatic carbocycles. The first-order chi connectivity index (χ1) is 16.5. The van der Waals surface area contributed by atoms with Crippen LogP contribution in [0.3, 0.4) is 0 Å². The fraction of sp³-hybridized carbons (Fsp3) is 0.412. The van der Waals surface area contributed by atoms with Gasteiger partial charge < -0.3 is 0 Å². The average Bonchev–Trinajstić information content (AvgIpc) is 2.81. The highest BCUT2D eigenvalue weighted by Crippen LogP contribution is 2.24. The van der Waals surface area contributed by atoms with Crippen molar-refractivity contribution < 1.29 is 5.71 Å². The van der Waals surface area contributed by atoms with Crippen molar-refractivity contribution >= 4 is 17.7 Å². The van der Waals surface area contributed by atoms with Crippen LogP contribution in [0.15, 0.2) is 67.2 Å². The molecule has 3 aromatic rings. The molecule has 0 N–H and O–H groups in total. The molecule has 0 aliphatic rings. The van der Waals surface area contributed by atoms with Crippen molar-refractivity contribution in [3.05, 3.63) is 111 Å². The van der Waals surface area contributed by atoms with Gasteiger partial charge in [0.15, 0.2) is 0 Å². The number of halogens is 1. The van der Waals surface area contributed by atoms with Crippen LogP contribution >= 0.6 is 11.6 Å². The van der Waals surface area contributed by atoms with Gasteiger partial charge in [0.25, 0.3) is 0 Å². The second-order valence-corrected chi connectivity index (χ2v) is 10.1. The standard InChI is InChI=1S/C12H16.C10H13Cl.C10H14.C2H6.4H2/c1-5-11-8-10(4)6-7-12(11)9(2)3;1-7(2)9-5-4-8(3)6-10(9)11;1-8(2)10-6-4-9(3)5-7-10;1-2;;;;/h5-9H,1H2,2-4H3;4-7H,1-3H3;4-8H,1-3H3;1-2H3;4*1H/i;;;;4*1+1. The fourth-order valence-corrected chi connectivity index (χ4v) is 3.90. The molecular weight excluding hydrogens is 444 g/mol. The molecule has 1 heteroatoms. The van der Waals surface area contributed by atoms with Crippen LogP contribution in [0, 0.1) is 20.8 Å². The van der Waals surface area contributed by atoms with Gasteiger partial charge in [-0.3, -0.25) is 0 Å². The first-order valence-electron chi connectivity index (χ1n) is 13.0. The molecule has 3 rings (SSSR count). The molecular formula is C34H57Cl. The predicted octanol–water partition coefficient (Wildman–Crippen LogP) is 12.7. The first-order valence-corrected chi connectivity index (χ1v) is 13.4. The maximum Gasteiger partial charge on any atom is 0.0443 e. The summed E-state index contributed by atoms with van der Waals surface area (Å²) in [5.74, 6) is 1.75. The van der Waals surface area contributed by atoms with Gasteiger partial charge in [-0.25, -0.2) is 0 Å². The van der Waals surface area contributed by atoms with E-state index in [1.807, 2.05) is 26.0 Å². The molecule has 0 saturated heterocycles. The lowest BCUT2D eigenvalue weighted by Crippen LogP contribution is -1.91. The van der Waals surface area contributed by atoms with Crippen molar-refractivity contribution in [2.24, 2.45) is 0 Å². The summed E-state index contributed by atoms with van der Waals surface area (Å²) in [6, 6.07) is 21.5. The van der Waals surface area contributed by atoms with Crippen molar-refractivity contribution in [1.82, 2.24) is 0 Å². The summed E-state index contributed by atoms with van der Waals surface area (Å²) in [6.45, 7) is 27.2. The zero-order chi connectivity index (χ0) is 27.1. The van der Waals surface area contributed by atoms with Gasteiger partial charge in [-0.1, -0.05) is 145 Å². The van der Waals surface area contributed by atoms with Crippen molar-refractivity contribution in [3.63, 3.8) is 0 Å². The predicted molar refractivity (Wildman–Crippen MR) is 171 cm³/mol. The second kappa shape index (κ2) is 17.2. The summed E-state index contributed by atoms with van der Waals surface area (Å²) in [6.07, 6.45) is 1.93. The Balaban J connectivity index is -0.000000137. The van der Waals surface area contributed by atoms with Crippen LogP contribution in [-0.4, -0.2) is 0 Å². The molecule has 0 atom stereocenters. The molecule has 0 fully saturated rings. The van der Waals surface area contributed by atoms with E-state index in [1.165, 1.54) is 38.9 Å². The smallest absolute Gasteiger partial charge is 0.0443 e. The minimum atomic E-state index is 0. The normalized spacial score (nSPS) is 10.0. The van der Waals surface area contributed by atoms with E-state index in [-0.39, 0.29) is 5.71 Å². The van der Waals surface area contributed by atoms with E-state index in [4.69, 9.17) is 11.6 Å². The van der Waals surface area contributed by atoms with E-state index in [9.17, 15) is 0 Å². The summed E-state index contributed by atoms with van der Waals surface area (Å²) in [5, 5.41) is 0.889. The van der Waals surface area contributed by atoms with Crippen molar-refractivity contribution in [1.29, 1.82) is 0 Å². The van der Waals surface area contributed by atoms with Gasteiger partial charge in [-0.15, -0.1) is 0 Å². The Kier molecular flexibility index (Phi) is 16.0. The van der Waals surface area contributed by atoms with Crippen molar-refractivity contribution in [3.8, 4) is 0 Å². The van der Waals surface area contributed by atoms with Crippen LogP contribution in [0.4, 0.5) is 0 Å². The van der Waals surface area contributed by atoms with Gasteiger partial charge in [0.1, 0.15) is 0 Å². The van der Waals surface area contributed by atoms with E-state index < -0.39 is 0 Å². The largest absolute Gasteiger partial charge is 0.0985 e. The maximum absolute atomic E-state index is 6.02. The Bertz CT molecular complexity index is 1010. The van der Waals surface area contributed by atoms with Crippen LogP contribution in [0.1, 0.15) is 118 Å². The van der Waals surface area contributed by atoms with Crippen LogP contribution in [-0.2, 0) is 0 Å². The van der Waals surface area contributed by atoms with E-state index in [0.717, 1.165) is 5.02 Å². The van der Waals surface area contributed by atoms with E-state index in [0.29, 0.717) is 17.8 Å². The molecule has 0 spiro atoms. The summed E-state index contributed by atoms with van der Waals surface area (Å²) >= 11 is 6.02. The van der Waals surface area contributed by atoms with Crippen LogP contribution in [0.2, 0.25) is 5.02 Å². The molecule has 0 radical (unpaired) electrons. The van der Waals surface area contributed by atoms with Crippen molar-refractivity contribution in [2.75, 3.05) is 0 Å². The summed E-state index contributed by atoms with van der Waals surface area (Å²) in [4.78, 5) is 0. The third-order valence-corrected chi connectivity index (χ3v) is 5.93. The minimum absolute atomic E-state index is 0. The van der Waals surface area contributed by atoms with E-state index >= 15 is 0 Å². The molecule has 0 aromatic heterocycles. The lowest BCUT2D eigenvalue weighted by molar-refractivity contribution is 0.863. The monoisotopic (exact) mass is 504 g/mol. The number of aryl methyl sites for hydroxylation is 3. The second-order valence-electron chi connectivity index (χ2n) is 9.74. The third-order valence-electron chi connectivity index (χ3n) is 5.61. The minimum Gasteiger partial charge on any atom is -0.0985 e. The number of hydrogen-bond donors (Lipinski definition) is 0. The molecule has 3 aromatic carbocycles. The van der Waals surface area contributed by atoms with Gasteiger partial charge in [-0.05, 0) is 72.4 Å². The molecule has 0 nitrogen and oxygen atoms in total. The summed E-state index contributed by atoms with van der Waals surface area (Å²) in [5.41, 5.74) is 9.17. The molecule has 0 aliphatic heterocycles. The highest BCUT2D eigenvalue weighted by atomic mass is 35.5. The van der Waals surface area contributed by atoms with Crippen LogP contribution in [0.5, 0.6) is 0 Å². The summed E-state index contributed by atoms with van der Waals surface area (Å²) < 4.78 is 0. The topological polar surface area (TPSA) is 0 Å². The van der Waals surface area contributed by atoms with E-state index in [2.05, 4.69) is 123 Å². The van der Waals surface area contributed by atoms with Crippen molar-refractivity contribution in [2.45, 2.75) is 93.9 Å². The SMILES string of the molecule is C=Cc1cc(C)ccc1C(C)C.CC.Cc1ccc(C(C)C)c(Cl)c1.Cc1ccc(C(C)C)cc1.[2HH].[2HH].[2HH].[2HH]. The lowest BCUT2D eigenvalue weighted by Gasteiger charge is -2.09. The Labute approximate surface area is 228 Å². The van der Waals surface area contributed by atoms with Gasteiger partial charge in [0.2, 0.25) is 0 Å². The van der Waals surface area contributed by atoms with Crippen LogP contribution < -0.4 is 0 Å². The molecule has 0 unspecified atom stereocenters. The highest BCUT2D eigenvalue weighted by Gasteiger charge is 2.04. The van der Waals surface area contributed by atoms with Gasteiger partial charge >= 0.3 is 0 Å². The van der Waals surface area contributed by atoms with Gasteiger partial charge in [0.05, 0.1) is 0 Å².